The summed E-state index contributed by atoms with van der Waals surface area (Å²) in [5.74, 6) is 0. The third-order valence-corrected chi connectivity index (χ3v) is 3.61. The lowest BCUT2D eigenvalue weighted by Gasteiger charge is -2.32. The Morgan fingerprint density at radius 3 is 2.50 bits per heavy atom. The number of hydrogen-bond acceptors (Lipinski definition) is 5. The van der Waals surface area contributed by atoms with Crippen molar-refractivity contribution in [2.24, 2.45) is 0 Å². The summed E-state index contributed by atoms with van der Waals surface area (Å²) in [6, 6.07) is 0. The van der Waals surface area contributed by atoms with E-state index < -0.39 is 11.7 Å². The van der Waals surface area contributed by atoms with Crippen molar-refractivity contribution in [3.63, 3.8) is 0 Å². The van der Waals surface area contributed by atoms with E-state index in [9.17, 15) is 10.2 Å². The minimum Gasteiger partial charge on any atom is -0.389 e. The highest BCUT2D eigenvalue weighted by Crippen LogP contribution is 2.27. The van der Waals surface area contributed by atoms with Crippen molar-refractivity contribution in [2.45, 2.75) is 63.8 Å². The standard InChI is InChI=1S/C15H31NO4/c1-13(2)20-9-8-19-11-14(17)10-16-12-15(18)6-4-3-5-7-15/h13-14,16-18H,3-12H2,1-2H3. The van der Waals surface area contributed by atoms with E-state index in [2.05, 4.69) is 5.32 Å². The van der Waals surface area contributed by atoms with E-state index in [4.69, 9.17) is 9.47 Å². The highest BCUT2D eigenvalue weighted by atomic mass is 16.5. The zero-order valence-corrected chi connectivity index (χ0v) is 12.9. The van der Waals surface area contributed by atoms with E-state index in [-0.39, 0.29) is 6.10 Å². The van der Waals surface area contributed by atoms with Gasteiger partial charge in [-0.3, -0.25) is 0 Å². The molecule has 0 radical (unpaired) electrons. The number of aliphatic hydroxyl groups is 2. The van der Waals surface area contributed by atoms with Crippen molar-refractivity contribution in [1.82, 2.24) is 5.32 Å². The van der Waals surface area contributed by atoms with Crippen LogP contribution in [0.15, 0.2) is 0 Å². The molecule has 0 spiro atoms. The Bertz CT molecular complexity index is 242. The molecule has 1 rings (SSSR count). The summed E-state index contributed by atoms with van der Waals surface area (Å²) in [6.07, 6.45) is 4.80. The molecule has 1 aliphatic carbocycles. The molecule has 0 saturated heterocycles. The third-order valence-electron chi connectivity index (χ3n) is 3.61. The number of hydrogen-bond donors (Lipinski definition) is 3. The van der Waals surface area contributed by atoms with Crippen LogP contribution in [-0.2, 0) is 9.47 Å². The number of nitrogens with one attached hydrogen (secondary N) is 1. The van der Waals surface area contributed by atoms with Crippen molar-refractivity contribution in [3.8, 4) is 0 Å². The quantitative estimate of drug-likeness (QED) is 0.525. The van der Waals surface area contributed by atoms with Gasteiger partial charge in [0.05, 0.1) is 37.6 Å². The molecule has 0 amide bonds. The zero-order valence-electron chi connectivity index (χ0n) is 12.9. The third kappa shape index (κ3) is 8.17. The summed E-state index contributed by atoms with van der Waals surface area (Å²) < 4.78 is 10.7. The molecular formula is C15H31NO4. The Hall–Kier alpha value is -0.200. The summed E-state index contributed by atoms with van der Waals surface area (Å²) >= 11 is 0. The van der Waals surface area contributed by atoms with Gasteiger partial charge in [0.15, 0.2) is 0 Å². The molecule has 0 aromatic heterocycles. The van der Waals surface area contributed by atoms with Gasteiger partial charge in [0.2, 0.25) is 0 Å². The lowest BCUT2D eigenvalue weighted by atomic mass is 9.85. The SMILES string of the molecule is CC(C)OCCOCC(O)CNCC1(O)CCCCC1. The topological polar surface area (TPSA) is 71.0 Å². The fourth-order valence-electron chi connectivity index (χ4n) is 2.48. The molecule has 0 bridgehead atoms. The predicted molar refractivity (Wildman–Crippen MR) is 78.8 cm³/mol. The van der Waals surface area contributed by atoms with Gasteiger partial charge < -0.3 is 25.0 Å². The fraction of sp³-hybridized carbons (Fsp3) is 1.00. The Kier molecular flexibility index (Phi) is 8.64. The molecule has 1 aliphatic rings. The van der Waals surface area contributed by atoms with Gasteiger partial charge in [-0.25, -0.2) is 0 Å². The van der Waals surface area contributed by atoms with Crippen LogP contribution < -0.4 is 5.32 Å². The van der Waals surface area contributed by atoms with Gasteiger partial charge in [0, 0.05) is 13.1 Å². The van der Waals surface area contributed by atoms with Gasteiger partial charge in [-0.2, -0.15) is 0 Å². The first kappa shape index (κ1) is 17.9. The second kappa shape index (κ2) is 9.68. The summed E-state index contributed by atoms with van der Waals surface area (Å²) in [6.45, 7) is 6.32. The molecular weight excluding hydrogens is 258 g/mol. The van der Waals surface area contributed by atoms with Crippen LogP contribution in [0.4, 0.5) is 0 Å². The molecule has 3 N–H and O–H groups in total. The molecule has 120 valence electrons. The highest BCUT2D eigenvalue weighted by molar-refractivity contribution is 4.84. The van der Waals surface area contributed by atoms with E-state index in [1.54, 1.807) is 0 Å². The van der Waals surface area contributed by atoms with Gasteiger partial charge >= 0.3 is 0 Å². The van der Waals surface area contributed by atoms with Crippen LogP contribution in [0.25, 0.3) is 0 Å². The van der Waals surface area contributed by atoms with E-state index in [1.807, 2.05) is 13.8 Å². The molecule has 1 atom stereocenters. The minimum absolute atomic E-state index is 0.210. The van der Waals surface area contributed by atoms with Gasteiger partial charge in [0.1, 0.15) is 0 Å². The molecule has 0 aliphatic heterocycles. The van der Waals surface area contributed by atoms with Crippen molar-refractivity contribution in [3.05, 3.63) is 0 Å². The first-order chi connectivity index (χ1) is 9.52. The summed E-state index contributed by atoms with van der Waals surface area (Å²) in [4.78, 5) is 0. The highest BCUT2D eigenvalue weighted by Gasteiger charge is 2.28. The second-order valence-corrected chi connectivity index (χ2v) is 6.06. The number of ether oxygens (including phenoxy) is 2. The monoisotopic (exact) mass is 289 g/mol. The predicted octanol–water partition coefficient (Wildman–Crippen LogP) is 1.07. The lowest BCUT2D eigenvalue weighted by Crippen LogP contribution is -2.44. The van der Waals surface area contributed by atoms with E-state index in [0.717, 1.165) is 25.7 Å². The van der Waals surface area contributed by atoms with Crippen LogP contribution in [-0.4, -0.2) is 60.9 Å². The average Bonchev–Trinajstić information content (AvgIpc) is 2.38. The van der Waals surface area contributed by atoms with Crippen molar-refractivity contribution >= 4 is 0 Å². The van der Waals surface area contributed by atoms with Crippen LogP contribution >= 0.6 is 0 Å². The number of aliphatic hydroxyl groups excluding tert-OH is 1. The van der Waals surface area contributed by atoms with Crippen LogP contribution in [0.1, 0.15) is 46.0 Å². The van der Waals surface area contributed by atoms with E-state index in [1.165, 1.54) is 6.42 Å². The Balaban J connectivity index is 1.98. The van der Waals surface area contributed by atoms with Crippen LogP contribution in [0.3, 0.4) is 0 Å². The molecule has 5 nitrogen and oxygen atoms in total. The molecule has 20 heavy (non-hydrogen) atoms. The molecule has 0 heterocycles. The molecule has 5 heteroatoms. The Morgan fingerprint density at radius 1 is 1.15 bits per heavy atom. The Labute approximate surface area is 122 Å². The molecule has 1 fully saturated rings. The molecule has 0 aromatic rings. The maximum atomic E-state index is 10.3. The maximum absolute atomic E-state index is 10.3. The van der Waals surface area contributed by atoms with Gasteiger partial charge in [-0.05, 0) is 26.7 Å². The smallest absolute Gasteiger partial charge is 0.0897 e. The van der Waals surface area contributed by atoms with E-state index in [0.29, 0.717) is 32.9 Å². The van der Waals surface area contributed by atoms with Crippen molar-refractivity contribution in [2.75, 3.05) is 32.9 Å². The van der Waals surface area contributed by atoms with Gasteiger partial charge in [0.25, 0.3) is 0 Å². The second-order valence-electron chi connectivity index (χ2n) is 6.06. The van der Waals surface area contributed by atoms with Crippen molar-refractivity contribution < 1.29 is 19.7 Å². The van der Waals surface area contributed by atoms with Crippen LogP contribution in [0, 0.1) is 0 Å². The Morgan fingerprint density at radius 2 is 1.85 bits per heavy atom. The van der Waals surface area contributed by atoms with E-state index >= 15 is 0 Å². The normalized spacial score (nSPS) is 20.2. The minimum atomic E-state index is -0.579. The summed E-state index contributed by atoms with van der Waals surface area (Å²) in [7, 11) is 0. The van der Waals surface area contributed by atoms with Gasteiger partial charge in [-0.15, -0.1) is 0 Å². The fourth-order valence-corrected chi connectivity index (χ4v) is 2.48. The molecule has 1 saturated carbocycles. The molecule has 1 unspecified atom stereocenters. The zero-order chi connectivity index (χ0) is 14.8. The van der Waals surface area contributed by atoms with Crippen LogP contribution in [0.2, 0.25) is 0 Å². The van der Waals surface area contributed by atoms with Crippen molar-refractivity contribution in [1.29, 1.82) is 0 Å². The summed E-state index contributed by atoms with van der Waals surface area (Å²) in [5.41, 5.74) is -0.579. The first-order valence-electron chi connectivity index (χ1n) is 7.82. The average molecular weight is 289 g/mol. The van der Waals surface area contributed by atoms with Crippen LogP contribution in [0.5, 0.6) is 0 Å². The maximum Gasteiger partial charge on any atom is 0.0897 e. The number of rotatable bonds is 10. The van der Waals surface area contributed by atoms with Gasteiger partial charge in [-0.1, -0.05) is 19.3 Å². The lowest BCUT2D eigenvalue weighted by molar-refractivity contribution is -0.0166. The largest absolute Gasteiger partial charge is 0.389 e. The molecule has 0 aromatic carbocycles. The first-order valence-corrected chi connectivity index (χ1v) is 7.82. The summed E-state index contributed by atoms with van der Waals surface area (Å²) in [5, 5.41) is 23.2.